The Balaban J connectivity index is 1.40. The smallest absolute Gasteiger partial charge is 0.303 e. The van der Waals surface area contributed by atoms with E-state index in [1.54, 1.807) is 36.3 Å². The molecular formula is C40H44FNO11. The fraction of sp³-hybridized carbons (Fsp3) is 0.425. The first-order valence-corrected chi connectivity index (χ1v) is 17.5. The Hall–Kier alpha value is -5.30. The molecule has 1 amide bonds. The van der Waals surface area contributed by atoms with Crippen LogP contribution in [0.1, 0.15) is 62.8 Å². The molecule has 0 spiro atoms. The van der Waals surface area contributed by atoms with Crippen molar-refractivity contribution in [3.05, 3.63) is 95.3 Å². The summed E-state index contributed by atoms with van der Waals surface area (Å²) in [6.45, 7) is 3.22. The Kier molecular flexibility index (Phi) is 12.8. The number of esters is 3. The summed E-state index contributed by atoms with van der Waals surface area (Å²) in [5, 5.41) is 9.85. The maximum Gasteiger partial charge on any atom is 0.303 e. The zero-order valence-corrected chi connectivity index (χ0v) is 30.1. The number of ether oxygens (including phenoxy) is 5. The molecule has 2 saturated heterocycles. The minimum Gasteiger partial charge on any atom is -0.497 e. The average Bonchev–Trinajstić information content (AvgIpc) is 3.11. The summed E-state index contributed by atoms with van der Waals surface area (Å²) >= 11 is 0. The number of methoxy groups -OCH3 is 1. The van der Waals surface area contributed by atoms with Gasteiger partial charge in [-0.2, -0.15) is 0 Å². The predicted octanol–water partition coefficient (Wildman–Crippen LogP) is 5.39. The fourth-order valence-electron chi connectivity index (χ4n) is 7.23. The molecule has 0 aromatic heterocycles. The first kappa shape index (κ1) is 38.9. The number of anilines is 1. The van der Waals surface area contributed by atoms with Crippen LogP contribution in [0.2, 0.25) is 0 Å². The first-order valence-electron chi connectivity index (χ1n) is 17.5. The van der Waals surface area contributed by atoms with Gasteiger partial charge in [0.1, 0.15) is 30.4 Å². The van der Waals surface area contributed by atoms with Crippen LogP contribution in [0.15, 0.2) is 72.8 Å². The number of halogens is 1. The molecule has 2 fully saturated rings. The molecule has 282 valence electrons. The van der Waals surface area contributed by atoms with Crippen LogP contribution in [0, 0.1) is 17.7 Å². The summed E-state index contributed by atoms with van der Waals surface area (Å²) in [5.74, 6) is -4.06. The van der Waals surface area contributed by atoms with Crippen LogP contribution in [0.3, 0.4) is 0 Å². The molecule has 0 bridgehead atoms. The molecule has 5 rings (SSSR count). The number of hydrogen-bond donors (Lipinski definition) is 1. The van der Waals surface area contributed by atoms with E-state index in [1.165, 1.54) is 26.0 Å². The van der Waals surface area contributed by atoms with Crippen LogP contribution in [0.5, 0.6) is 5.75 Å². The fourth-order valence-corrected chi connectivity index (χ4v) is 7.23. The molecule has 53 heavy (non-hydrogen) atoms. The van der Waals surface area contributed by atoms with Crippen LogP contribution in [-0.4, -0.2) is 73.0 Å². The van der Waals surface area contributed by atoms with Crippen LogP contribution in [-0.2, 0) is 55.8 Å². The average molecular weight is 734 g/mol. The zero-order valence-electron chi connectivity index (χ0n) is 30.1. The van der Waals surface area contributed by atoms with Crippen molar-refractivity contribution in [1.29, 1.82) is 0 Å². The van der Waals surface area contributed by atoms with Gasteiger partial charge in [0.05, 0.1) is 31.6 Å². The lowest BCUT2D eigenvalue weighted by Crippen LogP contribution is -2.59. The molecule has 3 aromatic carbocycles. The highest BCUT2D eigenvalue weighted by Gasteiger charge is 2.51. The topological polar surface area (TPSA) is 155 Å². The monoisotopic (exact) mass is 733 g/mol. The molecule has 3 aromatic rings. The van der Waals surface area contributed by atoms with Crippen molar-refractivity contribution in [2.24, 2.45) is 11.8 Å². The van der Waals surface area contributed by atoms with Gasteiger partial charge in [0, 0.05) is 32.4 Å². The van der Waals surface area contributed by atoms with Crippen molar-refractivity contribution >= 4 is 35.5 Å². The number of nitrogens with zero attached hydrogens (tertiary/aromatic N) is 1. The van der Waals surface area contributed by atoms with Gasteiger partial charge in [-0.05, 0) is 78.8 Å². The third-order valence-corrected chi connectivity index (χ3v) is 9.62. The maximum absolute atomic E-state index is 13.7. The third-order valence-electron chi connectivity index (χ3n) is 9.62. The van der Waals surface area contributed by atoms with Crippen molar-refractivity contribution < 1.29 is 57.2 Å². The Labute approximate surface area is 307 Å². The Morgan fingerprint density at radius 3 is 2.02 bits per heavy atom. The lowest BCUT2D eigenvalue weighted by molar-refractivity contribution is -0.234. The molecule has 12 nitrogen and oxygen atoms in total. The number of carboxylic acids is 1. The Morgan fingerprint density at radius 1 is 0.811 bits per heavy atom. The summed E-state index contributed by atoms with van der Waals surface area (Å²) in [7, 11) is 1.57. The molecule has 2 heterocycles. The second-order valence-corrected chi connectivity index (χ2v) is 13.3. The van der Waals surface area contributed by atoms with Crippen molar-refractivity contribution in [2.75, 3.05) is 18.6 Å². The summed E-state index contributed by atoms with van der Waals surface area (Å²) < 4.78 is 41.3. The third kappa shape index (κ3) is 9.78. The summed E-state index contributed by atoms with van der Waals surface area (Å²) in [4.78, 5) is 63.5. The van der Waals surface area contributed by atoms with Gasteiger partial charge in [0.15, 0.2) is 6.10 Å². The van der Waals surface area contributed by atoms with Gasteiger partial charge in [0.2, 0.25) is 5.91 Å². The molecular weight excluding hydrogens is 689 g/mol. The van der Waals surface area contributed by atoms with E-state index in [2.05, 4.69) is 0 Å². The molecule has 1 N–H and O–H groups in total. The van der Waals surface area contributed by atoms with Crippen LogP contribution < -0.4 is 9.64 Å². The van der Waals surface area contributed by atoms with Crippen molar-refractivity contribution in [2.45, 2.75) is 83.3 Å². The number of aliphatic carboxylic acids is 1. The van der Waals surface area contributed by atoms with Gasteiger partial charge in [-0.3, -0.25) is 24.0 Å². The number of β-lactam (4-membered cyclic amide) rings is 1. The largest absolute Gasteiger partial charge is 0.497 e. The number of rotatable bonds is 15. The van der Waals surface area contributed by atoms with E-state index in [9.17, 15) is 33.5 Å². The van der Waals surface area contributed by atoms with E-state index in [1.807, 2.05) is 36.4 Å². The maximum atomic E-state index is 13.7. The normalized spacial score (nSPS) is 23.8. The number of aryl methyl sites for hydroxylation is 1. The number of hydrogen-bond acceptors (Lipinski definition) is 10. The summed E-state index contributed by atoms with van der Waals surface area (Å²) in [6.07, 6.45) is -2.53. The van der Waals surface area contributed by atoms with E-state index in [-0.39, 0.29) is 36.7 Å². The highest BCUT2D eigenvalue weighted by molar-refractivity contribution is 6.03. The summed E-state index contributed by atoms with van der Waals surface area (Å²) in [5.41, 5.74) is 3.37. The quantitative estimate of drug-likeness (QED) is 0.122. The van der Waals surface area contributed by atoms with Gasteiger partial charge < -0.3 is 33.7 Å². The van der Waals surface area contributed by atoms with Crippen molar-refractivity contribution in [3.63, 3.8) is 0 Å². The van der Waals surface area contributed by atoms with Gasteiger partial charge >= 0.3 is 23.9 Å². The standard InChI is InChI=1S/C40H44FNO11/c1-23(43)50-22-35-39(52-25(3)45)38(51-24(2)44)33(21-36(46)47)34(53-35)20-27-8-12-28(13-9-27)37-32(7-5-6-26-10-14-29(41)15-11-26)40(48)42(37)30-16-18-31(49-4)19-17-30/h8-19,32-35,37-39H,5-7,20-22H2,1-4H3,(H,46,47)/t32?,33-,34+,35+,37?,38+,39-/m0/s1. The molecule has 13 heteroatoms. The lowest BCUT2D eigenvalue weighted by atomic mass is 9.78. The van der Waals surface area contributed by atoms with E-state index >= 15 is 0 Å². The number of amides is 1. The molecule has 0 saturated carbocycles. The second-order valence-electron chi connectivity index (χ2n) is 13.3. The predicted molar refractivity (Wildman–Crippen MR) is 188 cm³/mol. The minimum absolute atomic E-state index is 0.00636. The molecule has 2 aliphatic heterocycles. The molecule has 2 aliphatic rings. The Bertz CT molecular complexity index is 1760. The molecule has 0 aliphatic carbocycles. The second kappa shape index (κ2) is 17.5. The van der Waals surface area contributed by atoms with Crippen molar-refractivity contribution in [3.8, 4) is 5.75 Å². The SMILES string of the molecule is COc1ccc(N2C(=O)C(CCCc3ccc(F)cc3)C2c2ccc(C[C@H]3O[C@H](COC(C)=O)[C@H](OC(C)=O)[C@H](OC(C)=O)[C@H]3CC(=O)O)cc2)cc1. The first-order chi connectivity index (χ1) is 25.3. The van der Waals surface area contributed by atoms with E-state index < -0.39 is 60.6 Å². The van der Waals surface area contributed by atoms with Crippen LogP contribution in [0.4, 0.5) is 10.1 Å². The van der Waals surface area contributed by atoms with Gasteiger partial charge in [-0.1, -0.05) is 36.4 Å². The van der Waals surface area contributed by atoms with E-state index in [4.69, 9.17) is 23.7 Å². The number of carboxylic acid groups (broad SMARTS) is 1. The lowest BCUT2D eigenvalue weighted by Gasteiger charge is -2.48. The van der Waals surface area contributed by atoms with Gasteiger partial charge in [-0.15, -0.1) is 0 Å². The number of carbonyl (C=O) groups excluding carboxylic acids is 4. The van der Waals surface area contributed by atoms with Gasteiger partial charge in [0.25, 0.3) is 0 Å². The van der Waals surface area contributed by atoms with Crippen molar-refractivity contribution in [1.82, 2.24) is 0 Å². The molecule has 7 atom stereocenters. The van der Waals surface area contributed by atoms with Gasteiger partial charge in [-0.25, -0.2) is 4.39 Å². The van der Waals surface area contributed by atoms with E-state index in [0.29, 0.717) is 18.6 Å². The number of benzene rings is 3. The van der Waals surface area contributed by atoms with Crippen LogP contribution >= 0.6 is 0 Å². The highest BCUT2D eigenvalue weighted by atomic mass is 19.1. The highest BCUT2D eigenvalue weighted by Crippen LogP contribution is 2.46. The minimum atomic E-state index is -1.22. The molecule has 0 radical (unpaired) electrons. The van der Waals surface area contributed by atoms with Crippen LogP contribution in [0.25, 0.3) is 0 Å². The summed E-state index contributed by atoms with van der Waals surface area (Å²) in [6, 6.07) is 21.0. The molecule has 2 unspecified atom stereocenters. The van der Waals surface area contributed by atoms with E-state index in [0.717, 1.165) is 35.7 Å². The zero-order chi connectivity index (χ0) is 38.2. The Morgan fingerprint density at radius 2 is 1.43 bits per heavy atom. The number of carbonyl (C=O) groups is 5.